The SMILES string of the molecule is CC[C@H](C)[C@H](NC(=O)CNC(=O)[C@H](COP(=O)(O)O)NC(=O)[C@H](CC(=O)O)NC(=O)[C@@H](N)CC(C)C)C(=O)N[C@@H](Cc1cnc[nH]1)C(=O)N[C@@H](COP(=O)(O)O)C(=O)NCC(=O)N[C@@H](C)C(=O)O. The molecular formula is C35H59N11O20P2. The Morgan fingerprint density at radius 3 is 1.57 bits per heavy atom. The lowest BCUT2D eigenvalue weighted by atomic mass is 9.97. The molecule has 1 heterocycles. The first kappa shape index (κ1) is 60.1. The molecule has 384 valence electrons. The minimum Gasteiger partial charge on any atom is -0.481 e. The van der Waals surface area contributed by atoms with E-state index >= 15 is 0 Å². The first-order valence-corrected chi connectivity index (χ1v) is 23.4. The van der Waals surface area contributed by atoms with Crippen LogP contribution in [0.5, 0.6) is 0 Å². The number of phosphoric ester groups is 2. The van der Waals surface area contributed by atoms with E-state index in [0.717, 1.165) is 6.92 Å². The lowest BCUT2D eigenvalue weighted by molar-refractivity contribution is -0.141. The van der Waals surface area contributed by atoms with Crippen LogP contribution in [-0.2, 0) is 72.5 Å². The first-order valence-electron chi connectivity index (χ1n) is 20.4. The van der Waals surface area contributed by atoms with Crippen LogP contribution < -0.4 is 48.3 Å². The minimum atomic E-state index is -5.31. The topological polar surface area (TPSA) is 496 Å². The second kappa shape index (κ2) is 28.4. The van der Waals surface area contributed by atoms with Crippen molar-refractivity contribution in [2.45, 2.75) is 103 Å². The summed E-state index contributed by atoms with van der Waals surface area (Å²) in [6.07, 6.45) is 1.41. The molecule has 1 rings (SSSR count). The molecule has 0 fully saturated rings. The monoisotopic (exact) mass is 1020 g/mol. The number of hydrogen-bond acceptors (Lipinski definition) is 16. The Morgan fingerprint density at radius 1 is 0.676 bits per heavy atom. The average molecular weight is 1020 g/mol. The zero-order chi connectivity index (χ0) is 52.1. The molecule has 0 radical (unpaired) electrons. The van der Waals surface area contributed by atoms with Crippen molar-refractivity contribution in [2.24, 2.45) is 17.6 Å². The standard InChI is InChI=1S/C35H59N11O20P2/c1-6-17(4)28(46-26(48)12-39-31(53)24(14-66-68(62,63)64)45-33(55)22(9-27(49)50)42-29(51)20(36)7-16(2)3)34(56)43-21(8-19-10-37-15-40-19)32(54)44-23(13-65-67(59,60)61)30(52)38-11-25(47)41-18(5)35(57)58/h10,15-18,20-24,28H,6-9,11-14,36H2,1-5H3,(H,37,40)(H,38,52)(H,39,53)(H,41,47)(H,42,51)(H,43,56)(H,44,54)(H,45,55)(H,46,48)(H,49,50)(H,57,58)(H2,59,60,61)(H2,62,63,64)/t17-,18-,20-,21-,22-,23-,24-,28-/m0/s1. The quantitative estimate of drug-likeness (QED) is 0.0308. The summed E-state index contributed by atoms with van der Waals surface area (Å²) in [4.78, 5) is 171. The fraction of sp³-hybridized carbons (Fsp3) is 0.629. The van der Waals surface area contributed by atoms with Crippen LogP contribution in [0, 0.1) is 11.8 Å². The van der Waals surface area contributed by atoms with E-state index in [1.54, 1.807) is 20.8 Å². The van der Waals surface area contributed by atoms with E-state index in [9.17, 15) is 81.8 Å². The number of carbonyl (C=O) groups is 10. The van der Waals surface area contributed by atoms with Crippen molar-refractivity contribution in [3.8, 4) is 0 Å². The second-order valence-corrected chi connectivity index (χ2v) is 17.9. The summed E-state index contributed by atoms with van der Waals surface area (Å²) in [6.45, 7) is 3.47. The Kier molecular flexibility index (Phi) is 25.1. The molecule has 0 spiro atoms. The highest BCUT2D eigenvalue weighted by atomic mass is 31.2. The maximum absolute atomic E-state index is 13.8. The molecule has 0 unspecified atom stereocenters. The number of carboxylic acids is 2. The van der Waals surface area contributed by atoms with Crippen LogP contribution in [0.25, 0.3) is 0 Å². The van der Waals surface area contributed by atoms with Crippen LogP contribution in [0.2, 0.25) is 0 Å². The summed E-state index contributed by atoms with van der Waals surface area (Å²) in [6, 6.07) is -11.5. The van der Waals surface area contributed by atoms with Crippen LogP contribution in [0.15, 0.2) is 12.5 Å². The highest BCUT2D eigenvalue weighted by Gasteiger charge is 2.35. The van der Waals surface area contributed by atoms with Gasteiger partial charge < -0.3 is 83.0 Å². The van der Waals surface area contributed by atoms with Crippen molar-refractivity contribution in [1.29, 1.82) is 0 Å². The third-order valence-corrected chi connectivity index (χ3v) is 10.1. The molecule has 17 N–H and O–H groups in total. The van der Waals surface area contributed by atoms with Crippen LogP contribution >= 0.6 is 15.6 Å². The molecule has 8 amide bonds. The van der Waals surface area contributed by atoms with E-state index in [1.807, 2.05) is 10.6 Å². The van der Waals surface area contributed by atoms with Crippen molar-refractivity contribution in [3.63, 3.8) is 0 Å². The Morgan fingerprint density at radius 2 is 1.15 bits per heavy atom. The van der Waals surface area contributed by atoms with Gasteiger partial charge in [-0.05, 0) is 25.2 Å². The fourth-order valence-electron chi connectivity index (χ4n) is 5.48. The van der Waals surface area contributed by atoms with Gasteiger partial charge in [0, 0.05) is 18.3 Å². The Balaban J connectivity index is 3.31. The number of nitrogens with two attached hydrogens (primary N) is 1. The Bertz CT molecular complexity index is 2030. The summed E-state index contributed by atoms with van der Waals surface area (Å²) in [5.41, 5.74) is 6.06. The maximum atomic E-state index is 13.8. The number of amides is 8. The summed E-state index contributed by atoms with van der Waals surface area (Å²) in [5.74, 6) is -12.9. The summed E-state index contributed by atoms with van der Waals surface area (Å²) >= 11 is 0. The number of H-pyrrole nitrogens is 1. The number of carboxylic acid groups (broad SMARTS) is 2. The maximum Gasteiger partial charge on any atom is 0.469 e. The van der Waals surface area contributed by atoms with Gasteiger partial charge >= 0.3 is 27.6 Å². The van der Waals surface area contributed by atoms with Crippen LogP contribution in [0.4, 0.5) is 0 Å². The number of imidazole rings is 1. The van der Waals surface area contributed by atoms with Crippen molar-refractivity contribution in [3.05, 3.63) is 18.2 Å². The van der Waals surface area contributed by atoms with Crippen molar-refractivity contribution in [1.82, 2.24) is 52.5 Å². The average Bonchev–Trinajstić information content (AvgIpc) is 3.75. The molecule has 33 heteroatoms. The van der Waals surface area contributed by atoms with Gasteiger partial charge in [0.2, 0.25) is 47.3 Å². The van der Waals surface area contributed by atoms with Gasteiger partial charge in [0.1, 0.15) is 36.3 Å². The van der Waals surface area contributed by atoms with Gasteiger partial charge in [-0.25, -0.2) is 14.1 Å². The molecule has 0 saturated heterocycles. The van der Waals surface area contributed by atoms with Crippen molar-refractivity contribution >= 4 is 74.8 Å². The first-order chi connectivity index (χ1) is 31.4. The van der Waals surface area contributed by atoms with E-state index < -0.39 is 156 Å². The molecule has 0 aromatic carbocycles. The highest BCUT2D eigenvalue weighted by Crippen LogP contribution is 2.36. The Hall–Kier alpha value is -5.91. The highest BCUT2D eigenvalue weighted by molar-refractivity contribution is 7.46. The van der Waals surface area contributed by atoms with E-state index in [4.69, 9.17) is 10.8 Å². The number of aromatic nitrogens is 2. The van der Waals surface area contributed by atoms with Gasteiger partial charge in [-0.15, -0.1) is 0 Å². The van der Waals surface area contributed by atoms with Gasteiger partial charge in [0.05, 0.1) is 45.1 Å². The van der Waals surface area contributed by atoms with Gasteiger partial charge in [-0.3, -0.25) is 57.0 Å². The molecule has 68 heavy (non-hydrogen) atoms. The third-order valence-electron chi connectivity index (χ3n) is 9.18. The molecule has 0 aliphatic rings. The molecule has 0 bridgehead atoms. The summed E-state index contributed by atoms with van der Waals surface area (Å²) in [5, 5.41) is 35.6. The second-order valence-electron chi connectivity index (χ2n) is 15.4. The smallest absolute Gasteiger partial charge is 0.469 e. The normalized spacial score (nSPS) is 15.1. The molecule has 1 aromatic rings. The molecule has 8 atom stereocenters. The van der Waals surface area contributed by atoms with E-state index in [2.05, 4.69) is 50.9 Å². The number of nitrogens with zero attached hydrogens (tertiary/aromatic N) is 1. The van der Waals surface area contributed by atoms with E-state index in [-0.39, 0.29) is 30.9 Å². The number of rotatable bonds is 31. The molecule has 0 aliphatic heterocycles. The zero-order valence-electron chi connectivity index (χ0n) is 37.3. The lowest BCUT2D eigenvalue weighted by Crippen LogP contribution is -2.60. The van der Waals surface area contributed by atoms with Gasteiger partial charge in [0.15, 0.2) is 0 Å². The molecular weight excluding hydrogens is 956 g/mol. The molecule has 1 aromatic heterocycles. The molecule has 0 aliphatic carbocycles. The van der Waals surface area contributed by atoms with Crippen LogP contribution in [0.1, 0.15) is 59.6 Å². The summed E-state index contributed by atoms with van der Waals surface area (Å²) < 4.78 is 31.7. The fourth-order valence-corrected chi connectivity index (χ4v) is 6.17. The van der Waals surface area contributed by atoms with E-state index in [0.29, 0.717) is 0 Å². The van der Waals surface area contributed by atoms with E-state index in [1.165, 1.54) is 19.4 Å². The van der Waals surface area contributed by atoms with Crippen LogP contribution in [-0.4, -0.2) is 168 Å². The largest absolute Gasteiger partial charge is 0.481 e. The summed E-state index contributed by atoms with van der Waals surface area (Å²) in [7, 11) is -10.6. The van der Waals surface area contributed by atoms with Gasteiger partial charge in [-0.1, -0.05) is 34.1 Å². The third kappa shape index (κ3) is 24.2. The number of aromatic amines is 1. The number of nitrogens with one attached hydrogen (secondary N) is 9. The number of aliphatic carboxylic acids is 2. The Labute approximate surface area is 387 Å². The zero-order valence-corrected chi connectivity index (χ0v) is 39.1. The van der Waals surface area contributed by atoms with Crippen molar-refractivity contribution < 1.29 is 95.9 Å². The van der Waals surface area contributed by atoms with Gasteiger partial charge in [-0.2, -0.15) is 0 Å². The van der Waals surface area contributed by atoms with Gasteiger partial charge in [0.25, 0.3) is 0 Å². The van der Waals surface area contributed by atoms with Crippen LogP contribution in [0.3, 0.4) is 0 Å². The number of phosphoric acid groups is 2. The number of carbonyl (C=O) groups excluding carboxylic acids is 8. The minimum absolute atomic E-state index is 0.0785. The van der Waals surface area contributed by atoms with Crippen molar-refractivity contribution in [2.75, 3.05) is 26.3 Å². The lowest BCUT2D eigenvalue weighted by Gasteiger charge is -2.27. The molecule has 31 nitrogen and oxygen atoms in total. The predicted molar refractivity (Wildman–Crippen MR) is 228 cm³/mol. The molecule has 0 saturated carbocycles. The number of hydrogen-bond donors (Lipinski definition) is 16. The predicted octanol–water partition coefficient (Wildman–Crippen LogP) is -5.69.